The SMILES string of the molecule is CBc1ccc(-c2nc3cc(BC)sc3s2)s1. The van der Waals surface area contributed by atoms with Crippen LogP contribution >= 0.6 is 34.0 Å². The maximum atomic E-state index is 4.74. The van der Waals surface area contributed by atoms with Gasteiger partial charge in [-0.05, 0) is 21.7 Å². The number of thiophene rings is 2. The van der Waals surface area contributed by atoms with Gasteiger partial charge < -0.3 is 0 Å². The molecule has 6 heteroatoms. The minimum atomic E-state index is 1.11. The molecule has 0 radical (unpaired) electrons. The Balaban J connectivity index is 2.02. The minimum Gasteiger partial charge on any atom is -0.234 e. The van der Waals surface area contributed by atoms with Crippen LogP contribution in [0.2, 0.25) is 13.6 Å². The fourth-order valence-electron chi connectivity index (χ4n) is 1.75. The quantitative estimate of drug-likeness (QED) is 0.668. The molecular weight excluding hydrogens is 264 g/mol. The van der Waals surface area contributed by atoms with Gasteiger partial charge in [0.1, 0.15) is 9.02 Å². The van der Waals surface area contributed by atoms with Gasteiger partial charge in [-0.25, -0.2) is 4.98 Å². The average molecular weight is 275 g/mol. The van der Waals surface area contributed by atoms with Crippen molar-refractivity contribution in [3.05, 3.63) is 18.2 Å². The number of aromatic nitrogens is 1. The third-order valence-corrected chi connectivity index (χ3v) is 6.54. The summed E-state index contributed by atoms with van der Waals surface area (Å²) in [5, 5.41) is 1.18. The van der Waals surface area contributed by atoms with E-state index in [1.165, 1.54) is 29.0 Å². The Bertz CT molecular complexity index is 621. The molecule has 0 spiro atoms. The van der Waals surface area contributed by atoms with E-state index in [0.717, 1.165) is 14.6 Å². The molecule has 0 aliphatic heterocycles. The zero-order valence-corrected chi connectivity index (χ0v) is 12.3. The van der Waals surface area contributed by atoms with Crippen LogP contribution in [-0.2, 0) is 0 Å². The van der Waals surface area contributed by atoms with E-state index in [4.69, 9.17) is 4.98 Å². The molecule has 0 bridgehead atoms. The van der Waals surface area contributed by atoms with Gasteiger partial charge in [0, 0.05) is 0 Å². The van der Waals surface area contributed by atoms with Gasteiger partial charge in [-0.15, -0.1) is 34.0 Å². The topological polar surface area (TPSA) is 12.9 Å². The normalized spacial score (nSPS) is 10.9. The van der Waals surface area contributed by atoms with Gasteiger partial charge in [-0.3, -0.25) is 0 Å². The molecule has 17 heavy (non-hydrogen) atoms. The largest absolute Gasteiger partial charge is 0.234 e. The van der Waals surface area contributed by atoms with Gasteiger partial charge in [-0.2, -0.15) is 0 Å². The van der Waals surface area contributed by atoms with Gasteiger partial charge in [0.15, 0.2) is 14.6 Å². The molecule has 0 saturated heterocycles. The standard InChI is InChI=1S/C11H11B2NS3/c1-12-8-4-3-7(15-8)10-14-6-5-9(13-2)16-11(6)17-10/h3-5,12-13H,1-2H3. The number of hydrogen-bond acceptors (Lipinski definition) is 4. The van der Waals surface area contributed by atoms with E-state index in [9.17, 15) is 0 Å². The van der Waals surface area contributed by atoms with Crippen LogP contribution in [-0.4, -0.2) is 19.5 Å². The molecule has 3 aromatic rings. The molecule has 3 aromatic heterocycles. The first kappa shape index (κ1) is 11.5. The molecule has 0 aromatic carbocycles. The lowest BCUT2D eigenvalue weighted by atomic mass is 9.81. The zero-order chi connectivity index (χ0) is 11.8. The fourth-order valence-corrected chi connectivity index (χ4v) is 5.01. The Morgan fingerprint density at radius 3 is 2.47 bits per heavy atom. The number of rotatable bonds is 3. The monoisotopic (exact) mass is 275 g/mol. The Labute approximate surface area is 114 Å². The molecular formula is C11H11B2NS3. The minimum absolute atomic E-state index is 1.11. The molecule has 0 saturated carbocycles. The highest BCUT2D eigenvalue weighted by atomic mass is 32.2. The molecule has 0 N–H and O–H groups in total. The van der Waals surface area contributed by atoms with Crippen molar-refractivity contribution in [3.63, 3.8) is 0 Å². The van der Waals surface area contributed by atoms with E-state index < -0.39 is 0 Å². The van der Waals surface area contributed by atoms with Crippen molar-refractivity contribution in [2.24, 2.45) is 0 Å². The molecule has 0 atom stereocenters. The van der Waals surface area contributed by atoms with Gasteiger partial charge in [-0.1, -0.05) is 19.7 Å². The van der Waals surface area contributed by atoms with Crippen LogP contribution in [0.1, 0.15) is 0 Å². The summed E-state index contributed by atoms with van der Waals surface area (Å²) in [6.07, 6.45) is 0. The number of fused-ring (bicyclic) bond motifs is 1. The first-order valence-corrected chi connectivity index (χ1v) is 8.23. The maximum Gasteiger partial charge on any atom is 0.168 e. The molecule has 0 aliphatic carbocycles. The highest BCUT2D eigenvalue weighted by Crippen LogP contribution is 2.34. The zero-order valence-electron chi connectivity index (χ0n) is 9.82. The maximum absolute atomic E-state index is 4.74. The van der Waals surface area contributed by atoms with Crippen molar-refractivity contribution < 1.29 is 0 Å². The molecule has 0 aliphatic rings. The van der Waals surface area contributed by atoms with Crippen LogP contribution in [0.4, 0.5) is 0 Å². The van der Waals surface area contributed by atoms with Crippen LogP contribution in [0.15, 0.2) is 18.2 Å². The number of nitrogens with zero attached hydrogens (tertiary/aromatic N) is 1. The average Bonchev–Trinajstić information content (AvgIpc) is 3.01. The highest BCUT2D eigenvalue weighted by Gasteiger charge is 2.11. The van der Waals surface area contributed by atoms with Crippen LogP contribution in [0.3, 0.4) is 0 Å². The summed E-state index contributed by atoms with van der Waals surface area (Å²) in [7, 11) is 2.23. The third kappa shape index (κ3) is 2.09. The molecule has 0 unspecified atom stereocenters. The van der Waals surface area contributed by atoms with E-state index in [2.05, 4.69) is 31.8 Å². The smallest absolute Gasteiger partial charge is 0.168 e. The second kappa shape index (κ2) is 4.59. The van der Waals surface area contributed by atoms with Crippen molar-refractivity contribution in [2.75, 3.05) is 0 Å². The first-order chi connectivity index (χ1) is 8.30. The highest BCUT2D eigenvalue weighted by molar-refractivity contribution is 7.43. The lowest BCUT2D eigenvalue weighted by Gasteiger charge is -1.87. The molecule has 3 rings (SSSR count). The fraction of sp³-hybridized carbons (Fsp3) is 0.182. The summed E-state index contributed by atoms with van der Waals surface area (Å²) in [5.74, 6) is 0. The van der Waals surface area contributed by atoms with E-state index in [0.29, 0.717) is 0 Å². The number of hydrogen-bond donors (Lipinski definition) is 0. The molecule has 0 fully saturated rings. The van der Waals surface area contributed by atoms with Crippen LogP contribution in [0.5, 0.6) is 0 Å². The Hall–Kier alpha value is -0.580. The Morgan fingerprint density at radius 1 is 1.00 bits per heavy atom. The van der Waals surface area contributed by atoms with Gasteiger partial charge in [0.05, 0.1) is 10.4 Å². The first-order valence-electron chi connectivity index (χ1n) is 5.78. The second-order valence-electron chi connectivity index (χ2n) is 3.88. The summed E-state index contributed by atoms with van der Waals surface area (Å²) in [6.45, 7) is 4.40. The predicted molar refractivity (Wildman–Crippen MR) is 86.1 cm³/mol. The van der Waals surface area contributed by atoms with E-state index in [-0.39, 0.29) is 0 Å². The molecule has 84 valence electrons. The van der Waals surface area contributed by atoms with Gasteiger partial charge in [0.25, 0.3) is 0 Å². The van der Waals surface area contributed by atoms with Gasteiger partial charge >= 0.3 is 0 Å². The van der Waals surface area contributed by atoms with Gasteiger partial charge in [0.2, 0.25) is 0 Å². The lowest BCUT2D eigenvalue weighted by molar-refractivity contribution is 1.51. The van der Waals surface area contributed by atoms with Crippen molar-refractivity contribution in [3.8, 4) is 9.88 Å². The van der Waals surface area contributed by atoms with Crippen LogP contribution in [0.25, 0.3) is 19.4 Å². The van der Waals surface area contributed by atoms with Crippen LogP contribution < -0.4 is 9.55 Å². The summed E-state index contributed by atoms with van der Waals surface area (Å²) in [6, 6.07) is 6.65. The van der Waals surface area contributed by atoms with Crippen molar-refractivity contribution in [1.82, 2.24) is 4.98 Å². The summed E-state index contributed by atoms with van der Waals surface area (Å²) >= 11 is 5.58. The van der Waals surface area contributed by atoms with E-state index >= 15 is 0 Å². The molecule has 1 nitrogen and oxygen atoms in total. The van der Waals surface area contributed by atoms with Crippen LogP contribution in [0, 0.1) is 0 Å². The Morgan fingerprint density at radius 2 is 1.82 bits per heavy atom. The third-order valence-electron chi connectivity index (χ3n) is 2.71. The van der Waals surface area contributed by atoms with E-state index in [1.807, 2.05) is 34.0 Å². The Kier molecular flexibility index (Phi) is 3.11. The summed E-state index contributed by atoms with van der Waals surface area (Å²) in [4.78, 5) is 6.05. The summed E-state index contributed by atoms with van der Waals surface area (Å²) in [5.41, 5.74) is 1.18. The predicted octanol–water partition coefficient (Wildman–Crippen LogP) is 2.31. The van der Waals surface area contributed by atoms with Crippen molar-refractivity contribution >= 4 is 67.7 Å². The van der Waals surface area contributed by atoms with E-state index in [1.54, 1.807) is 0 Å². The van der Waals surface area contributed by atoms with Crippen molar-refractivity contribution in [1.29, 1.82) is 0 Å². The molecule has 3 heterocycles. The lowest BCUT2D eigenvalue weighted by Crippen LogP contribution is -2.02. The molecule has 0 amide bonds. The number of thiazole rings is 1. The summed E-state index contributed by atoms with van der Waals surface area (Å²) < 4.78 is 4.24. The second-order valence-corrected chi connectivity index (χ2v) is 7.44. The van der Waals surface area contributed by atoms with Crippen molar-refractivity contribution in [2.45, 2.75) is 13.6 Å².